The molecule has 0 fully saturated rings. The van der Waals surface area contributed by atoms with Gasteiger partial charge in [0.25, 0.3) is 0 Å². The van der Waals surface area contributed by atoms with Crippen molar-refractivity contribution in [3.8, 4) is 5.75 Å². The highest BCUT2D eigenvalue weighted by molar-refractivity contribution is 5.75. The van der Waals surface area contributed by atoms with E-state index in [-0.39, 0.29) is 0 Å². The molecule has 3 rings (SSSR count). The topological polar surface area (TPSA) is 39.1 Å². The van der Waals surface area contributed by atoms with Gasteiger partial charge in [-0.3, -0.25) is 0 Å². The number of nitrogens with zero attached hydrogens (tertiary/aromatic N) is 2. The Morgan fingerprint density at radius 2 is 1.96 bits per heavy atom. The highest BCUT2D eigenvalue weighted by atomic mass is 16.5. The molecule has 0 radical (unpaired) electrons. The third-order valence-corrected chi connectivity index (χ3v) is 3.93. The first-order chi connectivity index (χ1) is 11.3. The van der Waals surface area contributed by atoms with Gasteiger partial charge in [0.05, 0.1) is 24.7 Å². The fourth-order valence-electron chi connectivity index (χ4n) is 2.83. The SMILES string of the molecule is CCCn1c(CNCc2cccc(OC)c2)nc2ccccc21. The number of fused-ring (bicyclic) bond motifs is 1. The summed E-state index contributed by atoms with van der Waals surface area (Å²) < 4.78 is 7.58. The number of benzene rings is 2. The molecule has 1 N–H and O–H groups in total. The second kappa shape index (κ2) is 7.29. The largest absolute Gasteiger partial charge is 0.497 e. The van der Waals surface area contributed by atoms with E-state index in [2.05, 4.69) is 47.1 Å². The van der Waals surface area contributed by atoms with Crippen LogP contribution in [0.3, 0.4) is 0 Å². The molecule has 0 amide bonds. The minimum atomic E-state index is 0.756. The number of methoxy groups -OCH3 is 1. The van der Waals surface area contributed by atoms with Crippen molar-refractivity contribution in [2.75, 3.05) is 7.11 Å². The summed E-state index contributed by atoms with van der Waals surface area (Å²) in [6, 6.07) is 16.5. The Morgan fingerprint density at radius 1 is 1.09 bits per heavy atom. The highest BCUT2D eigenvalue weighted by Crippen LogP contribution is 2.17. The van der Waals surface area contributed by atoms with Crippen molar-refractivity contribution < 1.29 is 4.74 Å². The molecule has 0 atom stereocenters. The van der Waals surface area contributed by atoms with Crippen molar-refractivity contribution in [2.24, 2.45) is 0 Å². The predicted octanol–water partition coefficient (Wildman–Crippen LogP) is 3.74. The summed E-state index contributed by atoms with van der Waals surface area (Å²) in [6.07, 6.45) is 1.10. The number of rotatable bonds is 7. The summed E-state index contributed by atoms with van der Waals surface area (Å²) in [5.41, 5.74) is 3.49. The van der Waals surface area contributed by atoms with Crippen LogP contribution in [-0.4, -0.2) is 16.7 Å². The van der Waals surface area contributed by atoms with Gasteiger partial charge in [0.1, 0.15) is 11.6 Å². The summed E-state index contributed by atoms with van der Waals surface area (Å²) in [4.78, 5) is 4.77. The normalized spacial score (nSPS) is 11.0. The molecule has 120 valence electrons. The molecule has 2 aromatic carbocycles. The molecule has 0 aliphatic carbocycles. The van der Waals surface area contributed by atoms with Crippen LogP contribution in [-0.2, 0) is 19.6 Å². The van der Waals surface area contributed by atoms with Crippen LogP contribution in [0, 0.1) is 0 Å². The Bertz CT molecular complexity index is 779. The first kappa shape index (κ1) is 15.6. The molecular formula is C19H23N3O. The van der Waals surface area contributed by atoms with E-state index in [1.54, 1.807) is 7.11 Å². The first-order valence-electron chi connectivity index (χ1n) is 8.09. The van der Waals surface area contributed by atoms with Crippen LogP contribution < -0.4 is 10.1 Å². The van der Waals surface area contributed by atoms with Crippen molar-refractivity contribution in [1.82, 2.24) is 14.9 Å². The van der Waals surface area contributed by atoms with Crippen molar-refractivity contribution >= 4 is 11.0 Å². The van der Waals surface area contributed by atoms with Crippen LogP contribution in [0.4, 0.5) is 0 Å². The number of para-hydroxylation sites is 2. The van der Waals surface area contributed by atoms with Gasteiger partial charge in [-0.2, -0.15) is 0 Å². The monoisotopic (exact) mass is 309 g/mol. The second-order valence-electron chi connectivity index (χ2n) is 5.62. The maximum Gasteiger partial charge on any atom is 0.123 e. The van der Waals surface area contributed by atoms with E-state index in [0.29, 0.717) is 0 Å². The molecule has 0 spiro atoms. The van der Waals surface area contributed by atoms with Gasteiger partial charge in [-0.15, -0.1) is 0 Å². The standard InChI is InChI=1S/C19H23N3O/c1-3-11-22-18-10-5-4-9-17(18)21-19(22)14-20-13-15-7-6-8-16(12-15)23-2/h4-10,12,20H,3,11,13-14H2,1-2H3. The van der Waals surface area contributed by atoms with Crippen LogP contribution in [0.2, 0.25) is 0 Å². The van der Waals surface area contributed by atoms with E-state index in [9.17, 15) is 0 Å². The molecule has 0 saturated carbocycles. The minimum Gasteiger partial charge on any atom is -0.497 e. The third kappa shape index (κ3) is 3.54. The molecule has 0 bridgehead atoms. The van der Waals surface area contributed by atoms with Gasteiger partial charge in [0.2, 0.25) is 0 Å². The van der Waals surface area contributed by atoms with E-state index in [4.69, 9.17) is 9.72 Å². The lowest BCUT2D eigenvalue weighted by atomic mass is 10.2. The van der Waals surface area contributed by atoms with Gasteiger partial charge in [-0.25, -0.2) is 4.98 Å². The van der Waals surface area contributed by atoms with Gasteiger partial charge in [-0.05, 0) is 36.2 Å². The summed E-state index contributed by atoms with van der Waals surface area (Å²) in [6.45, 7) is 4.75. The lowest BCUT2D eigenvalue weighted by molar-refractivity contribution is 0.414. The quantitative estimate of drug-likeness (QED) is 0.722. The second-order valence-corrected chi connectivity index (χ2v) is 5.62. The summed E-state index contributed by atoms with van der Waals surface area (Å²) in [5, 5.41) is 3.49. The van der Waals surface area contributed by atoms with E-state index in [1.807, 2.05) is 18.2 Å². The Morgan fingerprint density at radius 3 is 2.78 bits per heavy atom. The van der Waals surface area contributed by atoms with Gasteiger partial charge >= 0.3 is 0 Å². The minimum absolute atomic E-state index is 0.756. The molecule has 0 unspecified atom stereocenters. The Kier molecular flexibility index (Phi) is 4.93. The summed E-state index contributed by atoms with van der Waals surface area (Å²) in [7, 11) is 1.69. The van der Waals surface area contributed by atoms with E-state index in [0.717, 1.165) is 43.1 Å². The molecule has 0 saturated heterocycles. The zero-order chi connectivity index (χ0) is 16.1. The maximum atomic E-state index is 5.27. The lowest BCUT2D eigenvalue weighted by Crippen LogP contribution is -2.16. The van der Waals surface area contributed by atoms with E-state index < -0.39 is 0 Å². The maximum absolute atomic E-state index is 5.27. The van der Waals surface area contributed by atoms with Gasteiger partial charge in [0.15, 0.2) is 0 Å². The number of aryl methyl sites for hydroxylation is 1. The molecule has 3 aromatic rings. The number of imidazole rings is 1. The van der Waals surface area contributed by atoms with Crippen LogP contribution in [0.25, 0.3) is 11.0 Å². The molecule has 23 heavy (non-hydrogen) atoms. The van der Waals surface area contributed by atoms with Crippen LogP contribution in [0.1, 0.15) is 24.7 Å². The van der Waals surface area contributed by atoms with Crippen molar-refractivity contribution in [2.45, 2.75) is 33.0 Å². The fraction of sp³-hybridized carbons (Fsp3) is 0.316. The van der Waals surface area contributed by atoms with E-state index >= 15 is 0 Å². The van der Waals surface area contributed by atoms with Crippen molar-refractivity contribution in [1.29, 1.82) is 0 Å². The van der Waals surface area contributed by atoms with Gasteiger partial charge in [-0.1, -0.05) is 31.2 Å². The molecule has 4 heteroatoms. The van der Waals surface area contributed by atoms with Crippen LogP contribution >= 0.6 is 0 Å². The Labute approximate surface area is 137 Å². The number of hydrogen-bond donors (Lipinski definition) is 1. The number of hydrogen-bond acceptors (Lipinski definition) is 3. The summed E-state index contributed by atoms with van der Waals surface area (Å²) in [5.74, 6) is 1.98. The Balaban J connectivity index is 1.72. The third-order valence-electron chi connectivity index (χ3n) is 3.93. The van der Waals surface area contributed by atoms with E-state index in [1.165, 1.54) is 11.1 Å². The summed E-state index contributed by atoms with van der Waals surface area (Å²) >= 11 is 0. The first-order valence-corrected chi connectivity index (χ1v) is 8.09. The average Bonchev–Trinajstić information content (AvgIpc) is 2.93. The van der Waals surface area contributed by atoms with Crippen molar-refractivity contribution in [3.05, 3.63) is 59.9 Å². The van der Waals surface area contributed by atoms with Crippen LogP contribution in [0.15, 0.2) is 48.5 Å². The predicted molar refractivity (Wildman–Crippen MR) is 93.6 cm³/mol. The number of ether oxygens (including phenoxy) is 1. The van der Waals surface area contributed by atoms with Crippen LogP contribution in [0.5, 0.6) is 5.75 Å². The Hall–Kier alpha value is -2.33. The smallest absolute Gasteiger partial charge is 0.123 e. The van der Waals surface area contributed by atoms with Gasteiger partial charge in [0, 0.05) is 13.1 Å². The number of nitrogens with one attached hydrogen (secondary N) is 1. The molecule has 0 aliphatic rings. The molecule has 4 nitrogen and oxygen atoms in total. The molecule has 1 aromatic heterocycles. The van der Waals surface area contributed by atoms with Gasteiger partial charge < -0.3 is 14.6 Å². The number of aromatic nitrogens is 2. The fourth-order valence-corrected chi connectivity index (χ4v) is 2.83. The zero-order valence-corrected chi connectivity index (χ0v) is 13.7. The molecule has 1 heterocycles. The molecule has 0 aliphatic heterocycles. The zero-order valence-electron chi connectivity index (χ0n) is 13.7. The lowest BCUT2D eigenvalue weighted by Gasteiger charge is -2.09. The van der Waals surface area contributed by atoms with Crippen molar-refractivity contribution in [3.63, 3.8) is 0 Å². The average molecular weight is 309 g/mol. The highest BCUT2D eigenvalue weighted by Gasteiger charge is 2.09. The molecular weight excluding hydrogens is 286 g/mol.